The third-order valence-electron chi connectivity index (χ3n) is 2.32. The highest BCUT2D eigenvalue weighted by atomic mass is 16.5. The summed E-state index contributed by atoms with van der Waals surface area (Å²) in [4.78, 5) is 12.5. The van der Waals surface area contributed by atoms with E-state index < -0.39 is 5.97 Å². The van der Waals surface area contributed by atoms with Crippen molar-refractivity contribution >= 4 is 5.97 Å². The van der Waals surface area contributed by atoms with E-state index in [4.69, 9.17) is 9.84 Å². The highest BCUT2D eigenvalue weighted by Crippen LogP contribution is 2.21. The minimum atomic E-state index is -0.726. The predicted octanol–water partition coefficient (Wildman–Crippen LogP) is 0.0377. The van der Waals surface area contributed by atoms with Gasteiger partial charge in [0.15, 0.2) is 0 Å². The average molecular weight is 173 g/mol. The van der Waals surface area contributed by atoms with Gasteiger partial charge in [-0.15, -0.1) is 0 Å². The molecule has 0 aromatic carbocycles. The first-order valence-corrected chi connectivity index (χ1v) is 4.07. The number of nitrogens with zero attached hydrogens (tertiary/aromatic N) is 1. The summed E-state index contributed by atoms with van der Waals surface area (Å²) in [6.07, 6.45) is 0.708. The molecule has 1 aliphatic rings. The maximum atomic E-state index is 10.7. The molecule has 0 amide bonds. The van der Waals surface area contributed by atoms with Crippen LogP contribution in [-0.4, -0.2) is 49.3 Å². The number of likely N-dealkylation sites (tertiary alicyclic amines) is 1. The molecule has 12 heavy (non-hydrogen) atoms. The first-order chi connectivity index (χ1) is 5.65. The third kappa shape index (κ3) is 1.95. The first-order valence-electron chi connectivity index (χ1n) is 4.07. The predicted molar refractivity (Wildman–Crippen MR) is 44.0 cm³/mol. The van der Waals surface area contributed by atoms with Gasteiger partial charge in [-0.3, -0.25) is 9.69 Å². The van der Waals surface area contributed by atoms with Crippen molar-refractivity contribution in [2.45, 2.75) is 12.5 Å². The fraction of sp³-hybridized carbons (Fsp3) is 0.875. The molecule has 0 saturated carbocycles. The van der Waals surface area contributed by atoms with Gasteiger partial charge in [0.1, 0.15) is 6.04 Å². The van der Waals surface area contributed by atoms with Gasteiger partial charge in [-0.2, -0.15) is 0 Å². The molecule has 0 aliphatic carbocycles. The Morgan fingerprint density at radius 2 is 2.42 bits per heavy atom. The number of carboxylic acid groups (broad SMARTS) is 1. The monoisotopic (exact) mass is 173 g/mol. The van der Waals surface area contributed by atoms with Crippen LogP contribution in [0.1, 0.15) is 6.42 Å². The largest absolute Gasteiger partial charge is 0.480 e. The number of rotatable bonds is 3. The molecule has 1 fully saturated rings. The smallest absolute Gasteiger partial charge is 0.320 e. The van der Waals surface area contributed by atoms with Crippen LogP contribution in [0.15, 0.2) is 0 Å². The number of ether oxygens (including phenoxy) is 1. The molecular formula is C8H15NO3. The molecule has 1 aliphatic heterocycles. The molecule has 1 unspecified atom stereocenters. The zero-order valence-electron chi connectivity index (χ0n) is 7.49. The maximum absolute atomic E-state index is 10.7. The van der Waals surface area contributed by atoms with Gasteiger partial charge < -0.3 is 9.84 Å². The normalized spacial score (nSPS) is 30.8. The number of carboxylic acids is 1. The summed E-state index contributed by atoms with van der Waals surface area (Å²) in [7, 11) is 3.49. The molecule has 1 heterocycles. The maximum Gasteiger partial charge on any atom is 0.320 e. The second-order valence-electron chi connectivity index (χ2n) is 3.35. The van der Waals surface area contributed by atoms with Gasteiger partial charge in [-0.1, -0.05) is 0 Å². The molecule has 1 rings (SSSR count). The van der Waals surface area contributed by atoms with E-state index in [9.17, 15) is 4.79 Å². The van der Waals surface area contributed by atoms with Crippen LogP contribution in [0.5, 0.6) is 0 Å². The molecule has 2 atom stereocenters. The molecule has 0 radical (unpaired) electrons. The highest BCUT2D eigenvalue weighted by molar-refractivity contribution is 5.73. The summed E-state index contributed by atoms with van der Waals surface area (Å²) in [5, 5.41) is 8.79. The van der Waals surface area contributed by atoms with Crippen molar-refractivity contribution in [1.29, 1.82) is 0 Å². The molecule has 0 spiro atoms. The molecule has 4 nitrogen and oxygen atoms in total. The van der Waals surface area contributed by atoms with Crippen LogP contribution in [0.2, 0.25) is 0 Å². The van der Waals surface area contributed by atoms with Gasteiger partial charge in [-0.25, -0.2) is 0 Å². The van der Waals surface area contributed by atoms with Crippen molar-refractivity contribution in [3.05, 3.63) is 0 Å². The van der Waals surface area contributed by atoms with Crippen molar-refractivity contribution in [2.75, 3.05) is 27.3 Å². The van der Waals surface area contributed by atoms with Crippen molar-refractivity contribution in [3.8, 4) is 0 Å². The average Bonchev–Trinajstić information content (AvgIpc) is 2.32. The number of carbonyl (C=O) groups is 1. The van der Waals surface area contributed by atoms with Gasteiger partial charge in [0.2, 0.25) is 0 Å². The summed E-state index contributed by atoms with van der Waals surface area (Å²) in [6.45, 7) is 1.49. The molecule has 4 heteroatoms. The highest BCUT2D eigenvalue weighted by Gasteiger charge is 2.33. The summed E-state index contributed by atoms with van der Waals surface area (Å²) >= 11 is 0. The van der Waals surface area contributed by atoms with Crippen LogP contribution >= 0.6 is 0 Å². The van der Waals surface area contributed by atoms with Gasteiger partial charge in [-0.05, 0) is 19.4 Å². The number of likely N-dealkylation sites (N-methyl/N-ethyl adjacent to an activating group) is 1. The lowest BCUT2D eigenvalue weighted by Gasteiger charge is -2.13. The quantitative estimate of drug-likeness (QED) is 0.654. The second-order valence-corrected chi connectivity index (χ2v) is 3.35. The summed E-state index contributed by atoms with van der Waals surface area (Å²) in [5.74, 6) is -0.350. The van der Waals surface area contributed by atoms with Gasteiger partial charge in [0, 0.05) is 13.7 Å². The number of methoxy groups -OCH3 is 1. The Labute approximate surface area is 72.1 Å². The van der Waals surface area contributed by atoms with Crippen molar-refractivity contribution in [3.63, 3.8) is 0 Å². The fourth-order valence-corrected chi connectivity index (χ4v) is 1.75. The lowest BCUT2D eigenvalue weighted by atomic mass is 10.1. The van der Waals surface area contributed by atoms with E-state index in [1.807, 2.05) is 11.9 Å². The molecule has 0 aromatic heterocycles. The molecule has 0 aromatic rings. The van der Waals surface area contributed by atoms with E-state index in [-0.39, 0.29) is 6.04 Å². The summed E-state index contributed by atoms with van der Waals surface area (Å²) < 4.78 is 4.98. The second kappa shape index (κ2) is 3.87. The molecule has 1 N–H and O–H groups in total. The van der Waals surface area contributed by atoms with E-state index >= 15 is 0 Å². The fourth-order valence-electron chi connectivity index (χ4n) is 1.75. The van der Waals surface area contributed by atoms with Crippen molar-refractivity contribution in [2.24, 2.45) is 5.92 Å². The Morgan fingerprint density at radius 3 is 2.83 bits per heavy atom. The zero-order chi connectivity index (χ0) is 9.14. The Hall–Kier alpha value is -0.610. The zero-order valence-corrected chi connectivity index (χ0v) is 7.49. The number of aliphatic carboxylic acids is 1. The minimum Gasteiger partial charge on any atom is -0.480 e. The Morgan fingerprint density at radius 1 is 1.75 bits per heavy atom. The van der Waals surface area contributed by atoms with Crippen LogP contribution < -0.4 is 0 Å². The number of hydrogen-bond acceptors (Lipinski definition) is 3. The van der Waals surface area contributed by atoms with E-state index in [0.717, 1.165) is 6.54 Å². The Balaban J connectivity index is 2.44. The van der Waals surface area contributed by atoms with Crippen LogP contribution in [-0.2, 0) is 9.53 Å². The van der Waals surface area contributed by atoms with Gasteiger partial charge >= 0.3 is 5.97 Å². The standard InChI is InChI=1S/C8H15NO3/c1-9-4-6(5-12-2)3-7(9)8(10)11/h6-7H,3-5H2,1-2H3,(H,10,11)/t6?,7-/m0/s1. The van der Waals surface area contributed by atoms with Gasteiger partial charge in [0.05, 0.1) is 6.61 Å². The number of hydrogen-bond donors (Lipinski definition) is 1. The molecule has 70 valence electrons. The van der Waals surface area contributed by atoms with E-state index in [1.54, 1.807) is 7.11 Å². The molecule has 0 bridgehead atoms. The van der Waals surface area contributed by atoms with E-state index in [2.05, 4.69) is 0 Å². The SMILES string of the molecule is COCC1C[C@@H](C(=O)O)N(C)C1. The third-order valence-corrected chi connectivity index (χ3v) is 2.32. The van der Waals surface area contributed by atoms with Gasteiger partial charge in [0.25, 0.3) is 0 Å². The van der Waals surface area contributed by atoms with Crippen LogP contribution in [0.4, 0.5) is 0 Å². The molecular weight excluding hydrogens is 158 g/mol. The van der Waals surface area contributed by atoms with E-state index in [1.165, 1.54) is 0 Å². The Kier molecular flexibility index (Phi) is 3.05. The van der Waals surface area contributed by atoms with Crippen LogP contribution in [0.3, 0.4) is 0 Å². The van der Waals surface area contributed by atoms with Crippen LogP contribution in [0.25, 0.3) is 0 Å². The summed E-state index contributed by atoms with van der Waals surface area (Å²) in [6, 6.07) is -0.315. The Bertz CT molecular complexity index is 172. The minimum absolute atomic E-state index is 0.315. The van der Waals surface area contributed by atoms with Crippen molar-refractivity contribution in [1.82, 2.24) is 4.90 Å². The summed E-state index contributed by atoms with van der Waals surface area (Å²) in [5.41, 5.74) is 0. The van der Waals surface area contributed by atoms with Crippen molar-refractivity contribution < 1.29 is 14.6 Å². The van der Waals surface area contributed by atoms with Crippen LogP contribution in [0, 0.1) is 5.92 Å². The topological polar surface area (TPSA) is 49.8 Å². The lowest BCUT2D eigenvalue weighted by Crippen LogP contribution is -2.32. The first kappa shape index (κ1) is 9.48. The lowest BCUT2D eigenvalue weighted by molar-refractivity contribution is -0.141. The molecule has 1 saturated heterocycles. The van der Waals surface area contributed by atoms with E-state index in [0.29, 0.717) is 18.9 Å².